The molecule has 0 aromatic heterocycles. The first kappa shape index (κ1) is 10.3. The van der Waals surface area contributed by atoms with E-state index in [2.05, 4.69) is 4.99 Å². The molecule has 0 fully saturated rings. The summed E-state index contributed by atoms with van der Waals surface area (Å²) in [4.78, 5) is 4.17. The molecule has 0 spiro atoms. The molecule has 0 bridgehead atoms. The predicted molar refractivity (Wildman–Crippen MR) is 58.5 cm³/mol. The number of ether oxygens (including phenoxy) is 1. The second kappa shape index (κ2) is 5.80. The minimum Gasteiger partial charge on any atom is -0.480 e. The molecule has 0 atom stereocenters. The molecule has 0 aliphatic rings. The molecule has 0 unspecified atom stereocenters. The zero-order valence-corrected chi connectivity index (χ0v) is 8.18. The van der Waals surface area contributed by atoms with Crippen LogP contribution in [0.2, 0.25) is 0 Å². The fourth-order valence-corrected chi connectivity index (χ4v) is 0.926. The molecule has 0 heterocycles. The van der Waals surface area contributed by atoms with E-state index in [9.17, 15) is 0 Å². The van der Waals surface area contributed by atoms with Crippen molar-refractivity contribution in [2.24, 2.45) is 10.7 Å². The SMILES string of the molecule is CCOC(N)=CC=Nc1ccccc1. The highest BCUT2D eigenvalue weighted by Crippen LogP contribution is 2.08. The van der Waals surface area contributed by atoms with E-state index in [1.807, 2.05) is 37.3 Å². The Kier molecular flexibility index (Phi) is 4.27. The highest BCUT2D eigenvalue weighted by molar-refractivity contribution is 5.74. The van der Waals surface area contributed by atoms with Gasteiger partial charge in [-0.2, -0.15) is 0 Å². The van der Waals surface area contributed by atoms with Crippen molar-refractivity contribution in [1.82, 2.24) is 0 Å². The Morgan fingerprint density at radius 2 is 2.14 bits per heavy atom. The number of allylic oxidation sites excluding steroid dienone is 1. The van der Waals surface area contributed by atoms with Crippen LogP contribution in [-0.4, -0.2) is 12.8 Å². The van der Waals surface area contributed by atoms with Gasteiger partial charge in [-0.1, -0.05) is 18.2 Å². The molecule has 1 rings (SSSR count). The van der Waals surface area contributed by atoms with Crippen molar-refractivity contribution in [2.75, 3.05) is 6.61 Å². The third kappa shape index (κ3) is 3.76. The maximum atomic E-state index is 5.50. The molecule has 0 amide bonds. The van der Waals surface area contributed by atoms with E-state index >= 15 is 0 Å². The molecular formula is C11H14N2O. The number of para-hydroxylation sites is 1. The third-order valence-electron chi connectivity index (χ3n) is 1.53. The van der Waals surface area contributed by atoms with Crippen LogP contribution in [0.25, 0.3) is 0 Å². The second-order valence-corrected chi connectivity index (χ2v) is 2.62. The molecule has 0 aliphatic heterocycles. The molecule has 1 aromatic rings. The minimum atomic E-state index is 0.382. The molecular weight excluding hydrogens is 176 g/mol. The number of rotatable bonds is 4. The van der Waals surface area contributed by atoms with Gasteiger partial charge >= 0.3 is 0 Å². The Hall–Kier alpha value is -1.77. The topological polar surface area (TPSA) is 47.6 Å². The van der Waals surface area contributed by atoms with Crippen LogP contribution >= 0.6 is 0 Å². The number of aliphatic imine (C=N–C) groups is 1. The van der Waals surface area contributed by atoms with Gasteiger partial charge < -0.3 is 10.5 Å². The number of hydrogen-bond donors (Lipinski definition) is 1. The van der Waals surface area contributed by atoms with Gasteiger partial charge in [-0.05, 0) is 19.1 Å². The summed E-state index contributed by atoms with van der Waals surface area (Å²) in [6, 6.07) is 9.65. The first-order chi connectivity index (χ1) is 6.83. The molecule has 14 heavy (non-hydrogen) atoms. The summed E-state index contributed by atoms with van der Waals surface area (Å²) < 4.78 is 5.03. The smallest absolute Gasteiger partial charge is 0.185 e. The molecule has 2 N–H and O–H groups in total. The Balaban J connectivity index is 2.53. The van der Waals surface area contributed by atoms with Crippen molar-refractivity contribution in [1.29, 1.82) is 0 Å². The summed E-state index contributed by atoms with van der Waals surface area (Å²) in [5.41, 5.74) is 6.39. The monoisotopic (exact) mass is 190 g/mol. The lowest BCUT2D eigenvalue weighted by atomic mass is 10.3. The summed E-state index contributed by atoms with van der Waals surface area (Å²) in [5, 5.41) is 0. The van der Waals surface area contributed by atoms with Crippen molar-refractivity contribution in [2.45, 2.75) is 6.92 Å². The van der Waals surface area contributed by atoms with Crippen LogP contribution in [0.3, 0.4) is 0 Å². The van der Waals surface area contributed by atoms with Crippen LogP contribution in [0.15, 0.2) is 47.3 Å². The van der Waals surface area contributed by atoms with Gasteiger partial charge in [0.15, 0.2) is 5.88 Å². The molecule has 1 aromatic carbocycles. The summed E-state index contributed by atoms with van der Waals surface area (Å²) in [6.07, 6.45) is 3.26. The lowest BCUT2D eigenvalue weighted by Crippen LogP contribution is -2.02. The number of benzene rings is 1. The molecule has 0 radical (unpaired) electrons. The number of nitrogens with two attached hydrogens (primary N) is 1. The molecule has 0 aliphatic carbocycles. The predicted octanol–water partition coefficient (Wildman–Crippen LogP) is 2.23. The van der Waals surface area contributed by atoms with Crippen molar-refractivity contribution in [3.05, 3.63) is 42.3 Å². The van der Waals surface area contributed by atoms with E-state index < -0.39 is 0 Å². The summed E-state index contributed by atoms with van der Waals surface area (Å²) in [6.45, 7) is 2.45. The van der Waals surface area contributed by atoms with Crippen LogP contribution < -0.4 is 5.73 Å². The Bertz CT molecular complexity index is 317. The Morgan fingerprint density at radius 1 is 1.43 bits per heavy atom. The second-order valence-electron chi connectivity index (χ2n) is 2.62. The van der Waals surface area contributed by atoms with E-state index in [-0.39, 0.29) is 0 Å². The van der Waals surface area contributed by atoms with E-state index in [0.29, 0.717) is 12.5 Å². The zero-order chi connectivity index (χ0) is 10.2. The quantitative estimate of drug-likeness (QED) is 0.584. The summed E-state index contributed by atoms with van der Waals surface area (Å²) in [7, 11) is 0. The standard InChI is InChI=1S/C11H14N2O/c1-2-14-11(12)8-9-13-10-6-4-3-5-7-10/h3-9H,2,12H2,1H3. The fraction of sp³-hybridized carbons (Fsp3) is 0.182. The van der Waals surface area contributed by atoms with Gasteiger partial charge in [0.25, 0.3) is 0 Å². The van der Waals surface area contributed by atoms with Crippen molar-refractivity contribution < 1.29 is 4.74 Å². The normalized spacial score (nSPS) is 11.9. The van der Waals surface area contributed by atoms with Crippen LogP contribution in [0, 0.1) is 0 Å². The third-order valence-corrected chi connectivity index (χ3v) is 1.53. The van der Waals surface area contributed by atoms with Crippen molar-refractivity contribution in [3.8, 4) is 0 Å². The van der Waals surface area contributed by atoms with Gasteiger partial charge in [-0.3, -0.25) is 4.99 Å². The van der Waals surface area contributed by atoms with Gasteiger partial charge in [-0.25, -0.2) is 0 Å². The van der Waals surface area contributed by atoms with Crippen molar-refractivity contribution >= 4 is 11.9 Å². The van der Waals surface area contributed by atoms with E-state index in [1.54, 1.807) is 12.3 Å². The van der Waals surface area contributed by atoms with Gasteiger partial charge in [0.05, 0.1) is 12.3 Å². The average molecular weight is 190 g/mol. The first-order valence-corrected chi connectivity index (χ1v) is 4.50. The average Bonchev–Trinajstić information content (AvgIpc) is 2.20. The van der Waals surface area contributed by atoms with E-state index in [1.165, 1.54) is 0 Å². The van der Waals surface area contributed by atoms with Crippen LogP contribution in [0.4, 0.5) is 5.69 Å². The van der Waals surface area contributed by atoms with Gasteiger partial charge in [0.2, 0.25) is 0 Å². The van der Waals surface area contributed by atoms with Crippen LogP contribution in [0.1, 0.15) is 6.92 Å². The van der Waals surface area contributed by atoms with Gasteiger partial charge in [0.1, 0.15) is 0 Å². The Labute approximate surface area is 83.9 Å². The summed E-state index contributed by atoms with van der Waals surface area (Å²) >= 11 is 0. The Morgan fingerprint density at radius 3 is 2.79 bits per heavy atom. The highest BCUT2D eigenvalue weighted by atomic mass is 16.5. The summed E-state index contributed by atoms with van der Waals surface area (Å²) in [5.74, 6) is 0.382. The zero-order valence-electron chi connectivity index (χ0n) is 8.18. The van der Waals surface area contributed by atoms with Gasteiger partial charge in [-0.15, -0.1) is 0 Å². The molecule has 3 heteroatoms. The molecule has 0 saturated carbocycles. The molecule has 0 saturated heterocycles. The largest absolute Gasteiger partial charge is 0.480 e. The molecule has 3 nitrogen and oxygen atoms in total. The fourth-order valence-electron chi connectivity index (χ4n) is 0.926. The van der Waals surface area contributed by atoms with E-state index in [0.717, 1.165) is 5.69 Å². The minimum absolute atomic E-state index is 0.382. The number of hydrogen-bond acceptors (Lipinski definition) is 3. The van der Waals surface area contributed by atoms with E-state index in [4.69, 9.17) is 10.5 Å². The van der Waals surface area contributed by atoms with Gasteiger partial charge in [0, 0.05) is 12.3 Å². The maximum absolute atomic E-state index is 5.50. The highest BCUT2D eigenvalue weighted by Gasteiger charge is 1.84. The van der Waals surface area contributed by atoms with Crippen LogP contribution in [0.5, 0.6) is 0 Å². The first-order valence-electron chi connectivity index (χ1n) is 4.50. The lowest BCUT2D eigenvalue weighted by Gasteiger charge is -1.98. The number of nitrogens with zero attached hydrogens (tertiary/aromatic N) is 1. The van der Waals surface area contributed by atoms with Crippen molar-refractivity contribution in [3.63, 3.8) is 0 Å². The van der Waals surface area contributed by atoms with Crippen LogP contribution in [-0.2, 0) is 4.74 Å². The molecule has 74 valence electrons. The maximum Gasteiger partial charge on any atom is 0.185 e. The lowest BCUT2D eigenvalue weighted by molar-refractivity contribution is 0.227.